The summed E-state index contributed by atoms with van der Waals surface area (Å²) in [5.74, 6) is 1.32. The fourth-order valence-corrected chi connectivity index (χ4v) is 3.89. The van der Waals surface area contributed by atoms with E-state index < -0.39 is 0 Å². The zero-order chi connectivity index (χ0) is 22.5. The Hall–Kier alpha value is -3.02. The number of aromatic amines is 1. The SMILES string of the molecule is COc1ccc2cc1OCC(=O)NC(CO)CN(C)CCCc1c[nH]c3ncnc(c13)N2.S. The number of hydrogen-bond donors (Lipinski definition) is 4. The van der Waals surface area contributed by atoms with E-state index >= 15 is 0 Å². The van der Waals surface area contributed by atoms with Gasteiger partial charge in [0.05, 0.1) is 25.1 Å². The van der Waals surface area contributed by atoms with Crippen LogP contribution in [0.4, 0.5) is 11.5 Å². The first-order valence-corrected chi connectivity index (χ1v) is 10.5. The van der Waals surface area contributed by atoms with Gasteiger partial charge in [-0.3, -0.25) is 4.79 Å². The van der Waals surface area contributed by atoms with E-state index in [1.165, 1.54) is 6.33 Å². The van der Waals surface area contributed by atoms with Crippen molar-refractivity contribution < 1.29 is 19.4 Å². The summed E-state index contributed by atoms with van der Waals surface area (Å²) in [6, 6.07) is 5.01. The number of H-pyrrole nitrogens is 1. The van der Waals surface area contributed by atoms with Crippen molar-refractivity contribution >= 4 is 41.9 Å². The van der Waals surface area contributed by atoms with Crippen LogP contribution in [0, 0.1) is 0 Å². The second-order valence-corrected chi connectivity index (χ2v) is 7.85. The number of carbonyl (C=O) groups is 1. The number of hydrogen-bond acceptors (Lipinski definition) is 8. The van der Waals surface area contributed by atoms with Gasteiger partial charge in [-0.15, -0.1) is 0 Å². The number of amides is 1. The zero-order valence-electron chi connectivity index (χ0n) is 18.7. The Morgan fingerprint density at radius 1 is 1.33 bits per heavy atom. The van der Waals surface area contributed by atoms with Crippen molar-refractivity contribution in [1.29, 1.82) is 0 Å². The van der Waals surface area contributed by atoms with Crippen LogP contribution in [-0.4, -0.2) is 77.4 Å². The van der Waals surface area contributed by atoms with Crippen LogP contribution in [0.25, 0.3) is 11.0 Å². The third kappa shape index (κ3) is 5.86. The number of nitrogens with one attached hydrogen (secondary N) is 3. The van der Waals surface area contributed by atoms with Gasteiger partial charge in [-0.05, 0) is 44.1 Å². The van der Waals surface area contributed by atoms with Gasteiger partial charge in [-0.25, -0.2) is 9.97 Å². The maximum atomic E-state index is 12.4. The van der Waals surface area contributed by atoms with E-state index in [-0.39, 0.29) is 38.7 Å². The standard InChI is InChI=1S/C22H28N6O4.H2S/c1-28-7-3-4-14-9-23-21-20(14)22(25-13-24-21)27-15-5-6-17(31-2)18(8-15)32-12-19(30)26-16(10-28)11-29;/h5-6,8-9,13,16,29H,3-4,7,10-12H2,1-2H3,(H,26,30)(H2,23,24,25,27);1H2. The first-order valence-electron chi connectivity index (χ1n) is 10.5. The van der Waals surface area contributed by atoms with Gasteiger partial charge < -0.3 is 35.1 Å². The molecular weight excluding hydrogens is 444 g/mol. The number of carbonyl (C=O) groups excluding carboxylic acids is 1. The number of aliphatic hydroxyl groups excluding tert-OH is 1. The monoisotopic (exact) mass is 474 g/mol. The van der Waals surface area contributed by atoms with E-state index in [0.29, 0.717) is 23.9 Å². The fourth-order valence-electron chi connectivity index (χ4n) is 3.89. The minimum atomic E-state index is -0.380. The molecule has 1 amide bonds. The highest BCUT2D eigenvalue weighted by atomic mass is 32.1. The molecule has 3 aromatic rings. The topological polar surface area (TPSA) is 125 Å². The van der Waals surface area contributed by atoms with Gasteiger partial charge in [0.1, 0.15) is 17.8 Å². The van der Waals surface area contributed by atoms with E-state index in [4.69, 9.17) is 9.47 Å². The number of likely N-dealkylation sites (N-methyl/N-ethyl adjacent to an activating group) is 1. The molecule has 1 aliphatic heterocycles. The van der Waals surface area contributed by atoms with Crippen LogP contribution in [0.1, 0.15) is 12.0 Å². The molecule has 3 heterocycles. The number of aryl methyl sites for hydroxylation is 1. The Labute approximate surface area is 199 Å². The van der Waals surface area contributed by atoms with Crippen LogP contribution >= 0.6 is 13.5 Å². The van der Waals surface area contributed by atoms with Crippen LogP contribution < -0.4 is 20.1 Å². The smallest absolute Gasteiger partial charge is 0.258 e. The Morgan fingerprint density at radius 2 is 2.18 bits per heavy atom. The van der Waals surface area contributed by atoms with Crippen molar-refractivity contribution in [1.82, 2.24) is 25.2 Å². The number of aliphatic hydroxyl groups is 1. The van der Waals surface area contributed by atoms with Crippen LogP contribution in [-0.2, 0) is 11.2 Å². The van der Waals surface area contributed by atoms with E-state index in [2.05, 4.69) is 30.5 Å². The van der Waals surface area contributed by atoms with Gasteiger partial charge in [0.15, 0.2) is 18.1 Å². The molecule has 1 unspecified atom stereocenters. The second-order valence-electron chi connectivity index (χ2n) is 7.85. The first-order chi connectivity index (χ1) is 15.6. The lowest BCUT2D eigenvalue weighted by atomic mass is 10.1. The lowest BCUT2D eigenvalue weighted by Gasteiger charge is -2.23. The fraction of sp³-hybridized carbons (Fsp3) is 0.409. The summed E-state index contributed by atoms with van der Waals surface area (Å²) in [7, 11) is 3.52. The molecule has 2 aromatic heterocycles. The number of methoxy groups -OCH3 is 1. The van der Waals surface area contributed by atoms with E-state index in [0.717, 1.165) is 41.7 Å². The first kappa shape index (κ1) is 24.6. The van der Waals surface area contributed by atoms with E-state index in [1.54, 1.807) is 19.2 Å². The summed E-state index contributed by atoms with van der Waals surface area (Å²) < 4.78 is 11.1. The highest BCUT2D eigenvalue weighted by Gasteiger charge is 2.17. The van der Waals surface area contributed by atoms with Crippen LogP contribution in [0.3, 0.4) is 0 Å². The second kappa shape index (κ2) is 11.2. The molecule has 1 atom stereocenters. The molecule has 1 aromatic carbocycles. The summed E-state index contributed by atoms with van der Waals surface area (Å²) in [5.41, 5.74) is 2.63. The van der Waals surface area contributed by atoms with Crippen LogP contribution in [0.5, 0.6) is 11.5 Å². The average molecular weight is 475 g/mol. The Morgan fingerprint density at radius 3 is 2.97 bits per heavy atom. The highest BCUT2D eigenvalue weighted by Crippen LogP contribution is 2.33. The van der Waals surface area contributed by atoms with Gasteiger partial charge in [-0.1, -0.05) is 0 Å². The maximum Gasteiger partial charge on any atom is 0.258 e. The molecule has 4 rings (SSSR count). The van der Waals surface area contributed by atoms with Crippen molar-refractivity contribution in [2.45, 2.75) is 18.9 Å². The Balaban J connectivity index is 0.00000306. The van der Waals surface area contributed by atoms with Crippen LogP contribution in [0.15, 0.2) is 30.7 Å². The molecule has 11 heteroatoms. The lowest BCUT2D eigenvalue weighted by molar-refractivity contribution is -0.124. The minimum absolute atomic E-state index is 0. The third-order valence-electron chi connectivity index (χ3n) is 5.44. The van der Waals surface area contributed by atoms with Gasteiger partial charge in [0.2, 0.25) is 0 Å². The Bertz CT molecular complexity index is 1090. The van der Waals surface area contributed by atoms with Gasteiger partial charge >= 0.3 is 0 Å². The number of nitrogens with zero attached hydrogens (tertiary/aromatic N) is 3. The third-order valence-corrected chi connectivity index (χ3v) is 5.44. The number of ether oxygens (including phenoxy) is 2. The molecule has 0 spiro atoms. The molecule has 0 radical (unpaired) electrons. The van der Waals surface area contributed by atoms with Gasteiger partial charge in [0.25, 0.3) is 5.91 Å². The molecule has 0 fully saturated rings. The van der Waals surface area contributed by atoms with Gasteiger partial charge in [0, 0.05) is 24.5 Å². The van der Waals surface area contributed by atoms with Gasteiger partial charge in [-0.2, -0.15) is 13.5 Å². The normalized spacial score (nSPS) is 17.8. The number of benzene rings is 1. The number of rotatable bonds is 2. The minimum Gasteiger partial charge on any atom is -0.493 e. The predicted octanol–water partition coefficient (Wildman–Crippen LogP) is 1.56. The summed E-state index contributed by atoms with van der Waals surface area (Å²) >= 11 is 0. The number of fused-ring (bicyclic) bond motifs is 2. The molecule has 178 valence electrons. The lowest BCUT2D eigenvalue weighted by Crippen LogP contribution is -2.46. The average Bonchev–Trinajstić information content (AvgIpc) is 3.21. The van der Waals surface area contributed by atoms with E-state index in [9.17, 15) is 9.90 Å². The van der Waals surface area contributed by atoms with Crippen molar-refractivity contribution in [3.05, 3.63) is 36.3 Å². The summed E-state index contributed by atoms with van der Waals surface area (Å²) in [6.45, 7) is 0.997. The van der Waals surface area contributed by atoms with Crippen molar-refractivity contribution in [2.24, 2.45) is 0 Å². The Kier molecular flexibility index (Phi) is 8.37. The summed E-state index contributed by atoms with van der Waals surface area (Å²) in [6.07, 6.45) is 5.22. The summed E-state index contributed by atoms with van der Waals surface area (Å²) in [5, 5.41) is 16.8. The van der Waals surface area contributed by atoms with Crippen LogP contribution in [0.2, 0.25) is 0 Å². The number of aromatic nitrogens is 3. The molecular formula is C22H30N6O4S. The number of anilines is 2. The molecule has 33 heavy (non-hydrogen) atoms. The molecule has 0 aliphatic carbocycles. The zero-order valence-corrected chi connectivity index (χ0v) is 19.7. The molecule has 0 saturated heterocycles. The highest BCUT2D eigenvalue weighted by molar-refractivity contribution is 7.59. The maximum absolute atomic E-state index is 12.4. The summed E-state index contributed by atoms with van der Waals surface area (Å²) in [4.78, 5) is 26.5. The van der Waals surface area contributed by atoms with E-state index in [1.807, 2.05) is 19.3 Å². The molecule has 10 nitrogen and oxygen atoms in total. The van der Waals surface area contributed by atoms with Crippen molar-refractivity contribution in [2.75, 3.05) is 45.8 Å². The molecule has 0 saturated carbocycles. The largest absolute Gasteiger partial charge is 0.493 e. The van der Waals surface area contributed by atoms with Crippen molar-refractivity contribution in [3.63, 3.8) is 0 Å². The molecule has 4 N–H and O–H groups in total. The molecule has 1 aliphatic rings. The van der Waals surface area contributed by atoms with Crippen molar-refractivity contribution in [3.8, 4) is 11.5 Å². The molecule has 2 bridgehead atoms. The predicted molar refractivity (Wildman–Crippen MR) is 131 cm³/mol. The quantitative estimate of drug-likeness (QED) is 0.441.